The number of aryl methyl sites for hydroxylation is 2. The van der Waals surface area contributed by atoms with Gasteiger partial charge in [0.1, 0.15) is 11.5 Å². The molecule has 134 valence electrons. The molecule has 0 aliphatic carbocycles. The van der Waals surface area contributed by atoms with Gasteiger partial charge in [0.2, 0.25) is 0 Å². The van der Waals surface area contributed by atoms with Gasteiger partial charge < -0.3 is 14.8 Å². The molecule has 0 bridgehead atoms. The maximum Gasteiger partial charge on any atom is 0.261 e. The van der Waals surface area contributed by atoms with E-state index in [0.29, 0.717) is 5.75 Å². The van der Waals surface area contributed by atoms with Gasteiger partial charge in [0.15, 0.2) is 6.10 Å². The van der Waals surface area contributed by atoms with Crippen LogP contribution in [0.15, 0.2) is 42.5 Å². The van der Waals surface area contributed by atoms with Crippen LogP contribution in [0.1, 0.15) is 43.0 Å². The number of rotatable bonds is 7. The standard InChI is InChI=1S/C21H27NO3/c1-6-20(19-12-7-14(2)13-15(19)3)22-21(23)16(4)25-18-10-8-17(24-5)9-11-18/h7-13,16,20H,6H2,1-5H3,(H,22,23)/t16-,20+/m0/s1. The number of nitrogens with one attached hydrogen (secondary N) is 1. The van der Waals surface area contributed by atoms with Crippen molar-refractivity contribution in [3.63, 3.8) is 0 Å². The van der Waals surface area contributed by atoms with Gasteiger partial charge in [-0.15, -0.1) is 0 Å². The number of methoxy groups -OCH3 is 1. The third kappa shape index (κ3) is 4.99. The highest BCUT2D eigenvalue weighted by atomic mass is 16.5. The molecular weight excluding hydrogens is 314 g/mol. The monoisotopic (exact) mass is 341 g/mol. The van der Waals surface area contributed by atoms with Crippen LogP contribution >= 0.6 is 0 Å². The molecule has 0 heterocycles. The van der Waals surface area contributed by atoms with E-state index < -0.39 is 6.10 Å². The lowest BCUT2D eigenvalue weighted by molar-refractivity contribution is -0.128. The van der Waals surface area contributed by atoms with Crippen LogP contribution in [0, 0.1) is 13.8 Å². The molecule has 0 saturated heterocycles. The number of hydrogen-bond acceptors (Lipinski definition) is 3. The summed E-state index contributed by atoms with van der Waals surface area (Å²) in [7, 11) is 1.61. The highest BCUT2D eigenvalue weighted by Crippen LogP contribution is 2.22. The quantitative estimate of drug-likeness (QED) is 0.814. The predicted octanol–water partition coefficient (Wildman–Crippen LogP) is 4.35. The van der Waals surface area contributed by atoms with Crippen molar-refractivity contribution in [1.29, 1.82) is 0 Å². The summed E-state index contributed by atoms with van der Waals surface area (Å²) < 4.78 is 10.9. The van der Waals surface area contributed by atoms with Gasteiger partial charge in [-0.2, -0.15) is 0 Å². The molecule has 0 saturated carbocycles. The molecule has 0 fully saturated rings. The first-order valence-corrected chi connectivity index (χ1v) is 8.62. The van der Waals surface area contributed by atoms with E-state index in [2.05, 4.69) is 44.3 Å². The highest BCUT2D eigenvalue weighted by Gasteiger charge is 2.20. The third-order valence-corrected chi connectivity index (χ3v) is 4.27. The first-order valence-electron chi connectivity index (χ1n) is 8.62. The van der Waals surface area contributed by atoms with E-state index in [-0.39, 0.29) is 11.9 Å². The van der Waals surface area contributed by atoms with Crippen LogP contribution in [0.25, 0.3) is 0 Å². The van der Waals surface area contributed by atoms with E-state index in [0.717, 1.165) is 17.7 Å². The van der Waals surface area contributed by atoms with Crippen LogP contribution < -0.4 is 14.8 Å². The van der Waals surface area contributed by atoms with Crippen LogP contribution in [0.5, 0.6) is 11.5 Å². The topological polar surface area (TPSA) is 47.6 Å². The van der Waals surface area contributed by atoms with Gasteiger partial charge in [-0.1, -0.05) is 30.7 Å². The zero-order valence-electron chi connectivity index (χ0n) is 15.6. The van der Waals surface area contributed by atoms with Crippen molar-refractivity contribution in [1.82, 2.24) is 5.32 Å². The second kappa shape index (κ2) is 8.56. The average Bonchev–Trinajstić information content (AvgIpc) is 2.60. The van der Waals surface area contributed by atoms with Gasteiger partial charge in [-0.25, -0.2) is 0 Å². The van der Waals surface area contributed by atoms with Gasteiger partial charge in [0.25, 0.3) is 5.91 Å². The van der Waals surface area contributed by atoms with Gasteiger partial charge in [-0.05, 0) is 62.6 Å². The maximum atomic E-state index is 12.5. The van der Waals surface area contributed by atoms with Crippen molar-refractivity contribution in [2.24, 2.45) is 0 Å². The SMILES string of the molecule is CC[C@@H](NC(=O)[C@H](C)Oc1ccc(OC)cc1)c1ccc(C)cc1C. The Kier molecular flexibility index (Phi) is 6.45. The predicted molar refractivity (Wildman–Crippen MR) is 100 cm³/mol. The average molecular weight is 341 g/mol. The Balaban J connectivity index is 2.02. The highest BCUT2D eigenvalue weighted by molar-refractivity contribution is 5.81. The summed E-state index contributed by atoms with van der Waals surface area (Å²) in [5.74, 6) is 1.27. The normalized spacial score (nSPS) is 13.0. The maximum absolute atomic E-state index is 12.5. The fraction of sp³-hybridized carbons (Fsp3) is 0.381. The summed E-state index contributed by atoms with van der Waals surface area (Å²) >= 11 is 0. The molecule has 0 radical (unpaired) electrons. The first-order chi connectivity index (χ1) is 11.9. The fourth-order valence-electron chi connectivity index (χ4n) is 2.82. The zero-order valence-corrected chi connectivity index (χ0v) is 15.6. The molecule has 1 amide bonds. The van der Waals surface area contributed by atoms with Gasteiger partial charge in [0.05, 0.1) is 13.2 Å². The first kappa shape index (κ1) is 18.8. The molecule has 0 aliphatic rings. The third-order valence-electron chi connectivity index (χ3n) is 4.27. The number of ether oxygens (including phenoxy) is 2. The Morgan fingerprint density at radius 1 is 1.08 bits per heavy atom. The van der Waals surface area contributed by atoms with Crippen LogP contribution in [-0.2, 0) is 4.79 Å². The minimum Gasteiger partial charge on any atom is -0.497 e. The smallest absolute Gasteiger partial charge is 0.261 e. The van der Waals surface area contributed by atoms with Crippen molar-refractivity contribution in [3.8, 4) is 11.5 Å². The van der Waals surface area contributed by atoms with E-state index >= 15 is 0 Å². The lowest BCUT2D eigenvalue weighted by atomic mass is 9.97. The molecule has 25 heavy (non-hydrogen) atoms. The number of hydrogen-bond donors (Lipinski definition) is 1. The molecule has 0 aromatic heterocycles. The Morgan fingerprint density at radius 2 is 1.72 bits per heavy atom. The van der Waals surface area contributed by atoms with Crippen LogP contribution in [-0.4, -0.2) is 19.1 Å². The van der Waals surface area contributed by atoms with Gasteiger partial charge in [-0.3, -0.25) is 4.79 Å². The zero-order chi connectivity index (χ0) is 18.4. The van der Waals surface area contributed by atoms with E-state index in [1.807, 2.05) is 12.1 Å². The molecule has 2 aromatic rings. The second-order valence-corrected chi connectivity index (χ2v) is 6.27. The number of carbonyl (C=O) groups excluding carboxylic acids is 1. The van der Waals surface area contributed by atoms with Crippen molar-refractivity contribution in [2.75, 3.05) is 7.11 Å². The van der Waals surface area contributed by atoms with Crippen molar-refractivity contribution in [2.45, 2.75) is 46.3 Å². The number of carbonyl (C=O) groups is 1. The molecule has 0 aliphatic heterocycles. The van der Waals surface area contributed by atoms with Gasteiger partial charge >= 0.3 is 0 Å². The summed E-state index contributed by atoms with van der Waals surface area (Å²) in [5.41, 5.74) is 3.56. The van der Waals surface area contributed by atoms with Crippen molar-refractivity contribution < 1.29 is 14.3 Å². The molecule has 0 spiro atoms. The minimum absolute atomic E-state index is 0.0185. The van der Waals surface area contributed by atoms with E-state index in [4.69, 9.17) is 9.47 Å². The second-order valence-electron chi connectivity index (χ2n) is 6.27. The van der Waals surface area contributed by atoms with Gasteiger partial charge in [0, 0.05) is 0 Å². The fourth-order valence-corrected chi connectivity index (χ4v) is 2.82. The Hall–Kier alpha value is -2.49. The summed E-state index contributed by atoms with van der Waals surface area (Å²) in [6.45, 7) is 7.98. The molecule has 2 atom stereocenters. The lowest BCUT2D eigenvalue weighted by Gasteiger charge is -2.22. The summed E-state index contributed by atoms with van der Waals surface area (Å²) in [6.07, 6.45) is 0.249. The largest absolute Gasteiger partial charge is 0.497 e. The molecule has 2 aromatic carbocycles. The van der Waals surface area contributed by atoms with Crippen LogP contribution in [0.3, 0.4) is 0 Å². The Morgan fingerprint density at radius 3 is 2.28 bits per heavy atom. The van der Waals surface area contributed by atoms with E-state index in [1.165, 1.54) is 11.1 Å². The molecule has 2 rings (SSSR count). The lowest BCUT2D eigenvalue weighted by Crippen LogP contribution is -2.38. The molecule has 4 heteroatoms. The number of benzene rings is 2. The molecule has 0 unspecified atom stereocenters. The van der Waals surface area contributed by atoms with Crippen molar-refractivity contribution >= 4 is 5.91 Å². The summed E-state index contributed by atoms with van der Waals surface area (Å²) in [5, 5.41) is 3.10. The summed E-state index contributed by atoms with van der Waals surface area (Å²) in [6, 6.07) is 13.5. The number of amides is 1. The Labute approximate surface area is 150 Å². The Bertz CT molecular complexity index is 710. The van der Waals surface area contributed by atoms with Crippen LogP contribution in [0.2, 0.25) is 0 Å². The van der Waals surface area contributed by atoms with E-state index in [9.17, 15) is 4.79 Å². The molecule has 1 N–H and O–H groups in total. The minimum atomic E-state index is -0.576. The molecular formula is C21H27NO3. The van der Waals surface area contributed by atoms with Crippen LogP contribution in [0.4, 0.5) is 0 Å². The van der Waals surface area contributed by atoms with Crippen molar-refractivity contribution in [3.05, 3.63) is 59.2 Å². The summed E-state index contributed by atoms with van der Waals surface area (Å²) in [4.78, 5) is 12.5. The van der Waals surface area contributed by atoms with E-state index in [1.54, 1.807) is 26.2 Å². The molecule has 4 nitrogen and oxygen atoms in total.